The summed E-state index contributed by atoms with van der Waals surface area (Å²) in [5, 5.41) is 0. The third-order valence-corrected chi connectivity index (χ3v) is 8.29. The second kappa shape index (κ2) is 12.2. The lowest BCUT2D eigenvalue weighted by molar-refractivity contribution is -0.0574. The third kappa shape index (κ3) is 6.42. The smallest absolute Gasteiger partial charge is 0.168 e. The van der Waals surface area contributed by atoms with Crippen molar-refractivity contribution in [2.24, 2.45) is 11.8 Å². The van der Waals surface area contributed by atoms with Crippen molar-refractivity contribution in [2.45, 2.75) is 97.0 Å². The normalized spacial score (nSPS) is 25.3. The second-order valence-electron chi connectivity index (χ2n) is 10.7. The summed E-state index contributed by atoms with van der Waals surface area (Å²) >= 11 is 0. The molecule has 34 heavy (non-hydrogen) atoms. The van der Waals surface area contributed by atoms with Crippen LogP contribution in [0.15, 0.2) is 36.4 Å². The summed E-state index contributed by atoms with van der Waals surface area (Å²) in [5.41, 5.74) is 4.71. The van der Waals surface area contributed by atoms with Crippen LogP contribution in [0, 0.1) is 31.5 Å². The predicted molar refractivity (Wildman–Crippen MR) is 138 cm³/mol. The molecule has 0 radical (unpaired) electrons. The van der Waals surface area contributed by atoms with E-state index in [0.717, 1.165) is 55.3 Å². The van der Waals surface area contributed by atoms with Gasteiger partial charge >= 0.3 is 0 Å². The van der Waals surface area contributed by atoms with Crippen LogP contribution in [0.2, 0.25) is 0 Å². The lowest BCUT2D eigenvalue weighted by atomic mass is 9.75. The molecule has 186 valence electrons. The summed E-state index contributed by atoms with van der Waals surface area (Å²) in [5.74, 6) is 2.24. The van der Waals surface area contributed by atoms with Gasteiger partial charge in [-0.05, 0) is 112 Å². The van der Waals surface area contributed by atoms with Gasteiger partial charge in [0.25, 0.3) is 0 Å². The molecule has 4 rings (SSSR count). The van der Waals surface area contributed by atoms with E-state index in [9.17, 15) is 4.39 Å². The van der Waals surface area contributed by atoms with E-state index in [1.165, 1.54) is 49.7 Å². The van der Waals surface area contributed by atoms with E-state index in [1.807, 2.05) is 13.0 Å². The molecule has 0 aromatic heterocycles. The van der Waals surface area contributed by atoms with Crippen molar-refractivity contribution in [3.05, 3.63) is 64.5 Å². The van der Waals surface area contributed by atoms with Gasteiger partial charge in [-0.2, -0.15) is 0 Å². The zero-order valence-corrected chi connectivity index (χ0v) is 21.5. The number of halogens is 1. The zero-order chi connectivity index (χ0) is 23.9. The first-order chi connectivity index (χ1) is 16.5. The topological polar surface area (TPSA) is 18.5 Å². The Hall–Kier alpha value is -1.87. The summed E-state index contributed by atoms with van der Waals surface area (Å²) in [6.07, 6.45) is 12.0. The molecule has 1 aliphatic heterocycles. The maximum absolute atomic E-state index is 14.7. The van der Waals surface area contributed by atoms with E-state index in [4.69, 9.17) is 9.47 Å². The minimum Gasteiger partial charge on any atom is -0.491 e. The Kier molecular flexibility index (Phi) is 9.05. The fraction of sp³-hybridized carbons (Fsp3) is 0.613. The number of rotatable bonds is 9. The summed E-state index contributed by atoms with van der Waals surface area (Å²) < 4.78 is 26.7. The zero-order valence-electron chi connectivity index (χ0n) is 21.5. The van der Waals surface area contributed by atoms with Crippen molar-refractivity contribution >= 4 is 0 Å². The van der Waals surface area contributed by atoms with Crippen LogP contribution < -0.4 is 4.74 Å². The average Bonchev–Trinajstić information content (AvgIpc) is 2.87. The fourth-order valence-corrected chi connectivity index (χ4v) is 5.86. The maximum Gasteiger partial charge on any atom is 0.168 e. The molecule has 0 amide bonds. The molecule has 2 aromatic carbocycles. The molecule has 2 atom stereocenters. The van der Waals surface area contributed by atoms with Crippen LogP contribution in [0.1, 0.15) is 92.9 Å². The molecule has 1 saturated carbocycles. The monoisotopic (exact) mass is 466 g/mol. The fourth-order valence-electron chi connectivity index (χ4n) is 5.86. The summed E-state index contributed by atoms with van der Waals surface area (Å²) in [6.45, 7) is 7.61. The first-order valence-corrected chi connectivity index (χ1v) is 13.6. The highest BCUT2D eigenvalue weighted by atomic mass is 19.1. The van der Waals surface area contributed by atoms with Gasteiger partial charge in [-0.25, -0.2) is 4.39 Å². The van der Waals surface area contributed by atoms with Crippen molar-refractivity contribution in [2.75, 3.05) is 13.2 Å². The number of unbranched alkanes of at least 4 members (excludes halogenated alkanes) is 1. The number of hydrogen-bond acceptors (Lipinski definition) is 2. The quantitative estimate of drug-likeness (QED) is 0.346. The highest BCUT2D eigenvalue weighted by Crippen LogP contribution is 2.40. The van der Waals surface area contributed by atoms with Gasteiger partial charge in [0, 0.05) is 6.61 Å². The summed E-state index contributed by atoms with van der Waals surface area (Å²) in [4.78, 5) is 0. The van der Waals surface area contributed by atoms with Crippen LogP contribution in [-0.4, -0.2) is 19.3 Å². The van der Waals surface area contributed by atoms with Crippen molar-refractivity contribution in [3.8, 4) is 5.75 Å². The lowest BCUT2D eigenvalue weighted by Crippen LogP contribution is -2.34. The molecule has 1 saturated heterocycles. The average molecular weight is 467 g/mol. The molecular formula is C31H43FO2. The number of ether oxygens (including phenoxy) is 2. The molecule has 2 fully saturated rings. The Morgan fingerprint density at radius 3 is 2.38 bits per heavy atom. The van der Waals surface area contributed by atoms with E-state index >= 15 is 0 Å². The molecule has 0 bridgehead atoms. The van der Waals surface area contributed by atoms with Gasteiger partial charge in [0.15, 0.2) is 11.6 Å². The molecule has 2 aromatic rings. The Labute approximate surface area is 206 Å². The first-order valence-electron chi connectivity index (χ1n) is 13.6. The predicted octanol–water partition coefficient (Wildman–Crippen LogP) is 8.32. The van der Waals surface area contributed by atoms with E-state index in [-0.39, 0.29) is 5.82 Å². The molecule has 1 aliphatic carbocycles. The van der Waals surface area contributed by atoms with E-state index in [2.05, 4.69) is 44.2 Å². The largest absolute Gasteiger partial charge is 0.491 e. The summed E-state index contributed by atoms with van der Waals surface area (Å²) in [7, 11) is 0. The second-order valence-corrected chi connectivity index (χ2v) is 10.7. The van der Waals surface area contributed by atoms with Crippen LogP contribution >= 0.6 is 0 Å². The molecule has 0 N–H and O–H groups in total. The minimum atomic E-state index is -0.185. The number of aryl methyl sites for hydroxylation is 2. The Bertz CT molecular complexity index is 890. The van der Waals surface area contributed by atoms with Gasteiger partial charge in [0.1, 0.15) is 0 Å². The molecular weight excluding hydrogens is 423 g/mol. The van der Waals surface area contributed by atoms with Crippen molar-refractivity contribution in [3.63, 3.8) is 0 Å². The highest BCUT2D eigenvalue weighted by molar-refractivity contribution is 5.37. The van der Waals surface area contributed by atoms with Crippen LogP contribution in [0.3, 0.4) is 0 Å². The highest BCUT2D eigenvalue weighted by Gasteiger charge is 2.32. The van der Waals surface area contributed by atoms with Gasteiger partial charge < -0.3 is 9.47 Å². The molecule has 1 heterocycles. The first kappa shape index (κ1) is 25.2. The van der Waals surface area contributed by atoms with Crippen molar-refractivity contribution in [1.82, 2.24) is 0 Å². The minimum absolute atomic E-state index is 0.185. The Morgan fingerprint density at radius 2 is 1.71 bits per heavy atom. The van der Waals surface area contributed by atoms with Crippen molar-refractivity contribution in [1.29, 1.82) is 0 Å². The van der Waals surface area contributed by atoms with Crippen LogP contribution in [-0.2, 0) is 11.2 Å². The van der Waals surface area contributed by atoms with Gasteiger partial charge in [-0.3, -0.25) is 0 Å². The van der Waals surface area contributed by atoms with Crippen LogP contribution in [0.4, 0.5) is 4.39 Å². The van der Waals surface area contributed by atoms with Crippen LogP contribution in [0.25, 0.3) is 0 Å². The Morgan fingerprint density at radius 1 is 0.941 bits per heavy atom. The Balaban J connectivity index is 1.20. The molecule has 2 aliphatic rings. The standard InChI is InChI=1S/C31H43FO2/c1-4-5-20-33-30-19-17-25(23(3)31(30)32)12-8-24-9-18-29(34-21-24)28-15-13-27(14-16-28)26-10-6-22(2)7-11-26/h6-7,10-11,17,19,24,27-29H,4-5,8-9,12-16,18,20-21H2,1-3H3. The lowest BCUT2D eigenvalue weighted by Gasteiger charge is -2.38. The van der Waals surface area contributed by atoms with Gasteiger partial charge in [-0.1, -0.05) is 49.2 Å². The van der Waals surface area contributed by atoms with E-state index < -0.39 is 0 Å². The molecule has 0 spiro atoms. The molecule has 3 heteroatoms. The number of hydrogen-bond donors (Lipinski definition) is 0. The van der Waals surface area contributed by atoms with Gasteiger partial charge in [0.2, 0.25) is 0 Å². The third-order valence-electron chi connectivity index (χ3n) is 8.29. The van der Waals surface area contributed by atoms with Crippen molar-refractivity contribution < 1.29 is 13.9 Å². The maximum atomic E-state index is 14.7. The molecule has 2 unspecified atom stereocenters. The SMILES string of the molecule is CCCCOc1ccc(CCC2CCC(C3CCC(c4ccc(C)cc4)CC3)OC2)c(C)c1F. The number of benzene rings is 2. The van der Waals surface area contributed by atoms with Gasteiger partial charge in [0.05, 0.1) is 12.7 Å². The molecule has 2 nitrogen and oxygen atoms in total. The van der Waals surface area contributed by atoms with E-state index in [1.54, 1.807) is 0 Å². The summed E-state index contributed by atoms with van der Waals surface area (Å²) in [6, 6.07) is 13.0. The van der Waals surface area contributed by atoms with Gasteiger partial charge in [-0.15, -0.1) is 0 Å². The van der Waals surface area contributed by atoms with E-state index in [0.29, 0.717) is 24.4 Å². The van der Waals surface area contributed by atoms with Crippen LogP contribution in [0.5, 0.6) is 5.75 Å².